The van der Waals surface area contributed by atoms with Gasteiger partial charge in [-0.05, 0) is 67.0 Å². The van der Waals surface area contributed by atoms with Crippen LogP contribution in [-0.4, -0.2) is 5.91 Å². The van der Waals surface area contributed by atoms with E-state index < -0.39 is 0 Å². The molecular weight excluding hydrogens is 258 g/mol. The average Bonchev–Trinajstić information content (AvgIpc) is 2.90. The van der Waals surface area contributed by atoms with E-state index in [0.717, 1.165) is 28.8 Å². The lowest BCUT2D eigenvalue weighted by atomic mass is 10.0. The van der Waals surface area contributed by atoms with Gasteiger partial charge in [0.05, 0.1) is 6.42 Å². The van der Waals surface area contributed by atoms with Crippen LogP contribution in [0.2, 0.25) is 0 Å². The van der Waals surface area contributed by atoms with Gasteiger partial charge in [0, 0.05) is 5.69 Å². The van der Waals surface area contributed by atoms with E-state index in [2.05, 4.69) is 29.6 Å². The van der Waals surface area contributed by atoms with Gasteiger partial charge in [-0.1, -0.05) is 30.3 Å². The van der Waals surface area contributed by atoms with E-state index in [0.29, 0.717) is 6.42 Å². The third-order valence-electron chi connectivity index (χ3n) is 4.19. The fraction of sp³-hybridized carbons (Fsp3) is 0.316. The van der Waals surface area contributed by atoms with Crippen LogP contribution in [0.3, 0.4) is 0 Å². The maximum atomic E-state index is 12.2. The lowest BCUT2D eigenvalue weighted by Crippen LogP contribution is -2.15. The van der Waals surface area contributed by atoms with Crippen LogP contribution in [0.1, 0.15) is 34.2 Å². The first-order chi connectivity index (χ1) is 10.1. The molecule has 2 heteroatoms. The minimum atomic E-state index is 0.0571. The van der Waals surface area contributed by atoms with Crippen molar-refractivity contribution in [2.24, 2.45) is 0 Å². The highest BCUT2D eigenvalue weighted by Crippen LogP contribution is 2.23. The van der Waals surface area contributed by atoms with Gasteiger partial charge in [-0.25, -0.2) is 0 Å². The van der Waals surface area contributed by atoms with Crippen molar-refractivity contribution in [3.05, 3.63) is 64.2 Å². The largest absolute Gasteiger partial charge is 0.326 e. The van der Waals surface area contributed by atoms with Crippen LogP contribution < -0.4 is 5.32 Å². The highest BCUT2D eigenvalue weighted by molar-refractivity contribution is 5.93. The molecule has 3 rings (SSSR count). The minimum absolute atomic E-state index is 0.0571. The normalized spacial score (nSPS) is 13.0. The predicted octanol–water partition coefficient (Wildman–Crippen LogP) is 3.97. The Hall–Kier alpha value is -2.09. The molecule has 2 aromatic carbocycles. The predicted molar refractivity (Wildman–Crippen MR) is 86.7 cm³/mol. The Morgan fingerprint density at radius 1 is 1.05 bits per heavy atom. The van der Waals surface area contributed by atoms with Gasteiger partial charge in [0.15, 0.2) is 0 Å². The lowest BCUT2D eigenvalue weighted by Gasteiger charge is -2.10. The zero-order valence-electron chi connectivity index (χ0n) is 12.7. The van der Waals surface area contributed by atoms with Crippen LogP contribution in [0.5, 0.6) is 0 Å². The van der Waals surface area contributed by atoms with Crippen LogP contribution in [0.25, 0.3) is 0 Å². The number of nitrogens with one attached hydrogen (secondary N) is 1. The number of fused-ring (bicyclic) bond motifs is 1. The Bertz CT molecular complexity index is 688. The van der Waals surface area contributed by atoms with Gasteiger partial charge in [-0.3, -0.25) is 4.79 Å². The number of amides is 1. The van der Waals surface area contributed by atoms with Gasteiger partial charge in [0.1, 0.15) is 0 Å². The molecule has 0 unspecified atom stereocenters. The van der Waals surface area contributed by atoms with Crippen molar-refractivity contribution in [1.82, 2.24) is 0 Å². The van der Waals surface area contributed by atoms with Crippen LogP contribution in [-0.2, 0) is 24.1 Å². The van der Waals surface area contributed by atoms with Gasteiger partial charge in [-0.15, -0.1) is 0 Å². The molecule has 0 saturated heterocycles. The van der Waals surface area contributed by atoms with Crippen LogP contribution in [0.4, 0.5) is 5.69 Å². The Morgan fingerprint density at radius 2 is 1.86 bits per heavy atom. The summed E-state index contributed by atoms with van der Waals surface area (Å²) in [7, 11) is 0. The minimum Gasteiger partial charge on any atom is -0.326 e. The van der Waals surface area contributed by atoms with E-state index in [9.17, 15) is 4.79 Å². The summed E-state index contributed by atoms with van der Waals surface area (Å²) in [6.07, 6.45) is 4.03. The maximum Gasteiger partial charge on any atom is 0.228 e. The number of aryl methyl sites for hydroxylation is 4. The molecule has 0 aliphatic heterocycles. The number of anilines is 1. The van der Waals surface area contributed by atoms with E-state index in [1.165, 1.54) is 24.0 Å². The van der Waals surface area contributed by atoms with E-state index in [1.54, 1.807) is 0 Å². The third kappa shape index (κ3) is 3.15. The molecule has 0 aromatic heterocycles. The maximum absolute atomic E-state index is 12.2. The van der Waals surface area contributed by atoms with E-state index in [1.807, 2.05) is 26.0 Å². The molecule has 0 heterocycles. The summed E-state index contributed by atoms with van der Waals surface area (Å²) in [4.78, 5) is 12.2. The molecule has 2 aromatic rings. The lowest BCUT2D eigenvalue weighted by molar-refractivity contribution is -0.115. The topological polar surface area (TPSA) is 29.1 Å². The quantitative estimate of drug-likeness (QED) is 0.905. The second-order valence-electron chi connectivity index (χ2n) is 6.00. The second kappa shape index (κ2) is 5.72. The summed E-state index contributed by atoms with van der Waals surface area (Å²) in [5, 5.41) is 3.03. The molecule has 1 N–H and O–H groups in total. The first-order valence-corrected chi connectivity index (χ1v) is 7.59. The summed E-state index contributed by atoms with van der Waals surface area (Å²) in [6.45, 7) is 4.06. The summed E-state index contributed by atoms with van der Waals surface area (Å²) in [6, 6.07) is 12.6. The average molecular weight is 279 g/mol. The molecule has 0 atom stereocenters. The Morgan fingerprint density at radius 3 is 2.71 bits per heavy atom. The molecule has 1 aliphatic carbocycles. The van der Waals surface area contributed by atoms with Crippen LogP contribution in [0, 0.1) is 13.8 Å². The zero-order chi connectivity index (χ0) is 14.8. The van der Waals surface area contributed by atoms with Crippen molar-refractivity contribution in [2.75, 3.05) is 5.32 Å². The standard InChI is InChI=1S/C19H21NO/c1-13-6-7-14(2)18(10-13)20-19(21)12-15-8-9-16-4-3-5-17(16)11-15/h6-11H,3-5,12H2,1-2H3,(H,20,21). The number of carbonyl (C=O) groups excluding carboxylic acids is 1. The molecule has 21 heavy (non-hydrogen) atoms. The molecule has 0 spiro atoms. The van der Waals surface area contributed by atoms with Gasteiger partial charge in [0.2, 0.25) is 5.91 Å². The van der Waals surface area contributed by atoms with E-state index in [4.69, 9.17) is 0 Å². The van der Waals surface area contributed by atoms with Gasteiger partial charge in [-0.2, -0.15) is 0 Å². The highest BCUT2D eigenvalue weighted by atomic mass is 16.1. The SMILES string of the molecule is Cc1ccc(C)c(NC(=O)Cc2ccc3c(c2)CCC3)c1. The van der Waals surface area contributed by atoms with Gasteiger partial charge >= 0.3 is 0 Å². The van der Waals surface area contributed by atoms with E-state index in [-0.39, 0.29) is 5.91 Å². The summed E-state index contributed by atoms with van der Waals surface area (Å²) >= 11 is 0. The smallest absolute Gasteiger partial charge is 0.228 e. The molecular formula is C19H21NO. The van der Waals surface area contributed by atoms with Crippen molar-refractivity contribution in [2.45, 2.75) is 39.5 Å². The molecule has 0 fully saturated rings. The fourth-order valence-corrected chi connectivity index (χ4v) is 2.99. The zero-order valence-corrected chi connectivity index (χ0v) is 12.7. The fourth-order valence-electron chi connectivity index (χ4n) is 2.99. The number of hydrogen-bond donors (Lipinski definition) is 1. The monoisotopic (exact) mass is 279 g/mol. The molecule has 1 aliphatic rings. The summed E-state index contributed by atoms with van der Waals surface area (Å²) in [5.74, 6) is 0.0571. The van der Waals surface area contributed by atoms with Crippen molar-refractivity contribution in [1.29, 1.82) is 0 Å². The van der Waals surface area contributed by atoms with Gasteiger partial charge in [0.25, 0.3) is 0 Å². The Balaban J connectivity index is 1.70. The Kier molecular flexibility index (Phi) is 3.78. The second-order valence-corrected chi connectivity index (χ2v) is 6.00. The Labute approximate surface area is 126 Å². The molecule has 108 valence electrons. The third-order valence-corrected chi connectivity index (χ3v) is 4.19. The van der Waals surface area contributed by atoms with Crippen molar-refractivity contribution >= 4 is 11.6 Å². The number of benzene rings is 2. The molecule has 2 nitrogen and oxygen atoms in total. The first kappa shape index (κ1) is 13.9. The van der Waals surface area contributed by atoms with Crippen LogP contribution in [0.15, 0.2) is 36.4 Å². The molecule has 0 saturated carbocycles. The highest BCUT2D eigenvalue weighted by Gasteiger charge is 2.12. The van der Waals surface area contributed by atoms with E-state index >= 15 is 0 Å². The van der Waals surface area contributed by atoms with Crippen molar-refractivity contribution in [3.8, 4) is 0 Å². The number of hydrogen-bond acceptors (Lipinski definition) is 1. The molecule has 1 amide bonds. The van der Waals surface area contributed by atoms with Gasteiger partial charge < -0.3 is 5.32 Å². The summed E-state index contributed by atoms with van der Waals surface area (Å²) in [5.41, 5.74) is 7.16. The van der Waals surface area contributed by atoms with Crippen molar-refractivity contribution in [3.63, 3.8) is 0 Å². The number of carbonyl (C=O) groups is 1. The van der Waals surface area contributed by atoms with Crippen molar-refractivity contribution < 1.29 is 4.79 Å². The molecule has 0 radical (unpaired) electrons. The molecule has 0 bridgehead atoms. The van der Waals surface area contributed by atoms with Crippen LogP contribution >= 0.6 is 0 Å². The number of rotatable bonds is 3. The summed E-state index contributed by atoms with van der Waals surface area (Å²) < 4.78 is 0. The first-order valence-electron chi connectivity index (χ1n) is 7.59.